The molecule has 0 aliphatic heterocycles. The molecule has 0 unspecified atom stereocenters. The normalized spacial score (nSPS) is 10.8. The lowest BCUT2D eigenvalue weighted by Crippen LogP contribution is -2.28. The van der Waals surface area contributed by atoms with Crippen molar-refractivity contribution >= 4 is 22.8 Å². The molecule has 6 heteroatoms. The Bertz CT molecular complexity index is 1180. The van der Waals surface area contributed by atoms with Crippen LogP contribution in [0.25, 0.3) is 11.0 Å². The minimum atomic E-state index is -0.240. The highest BCUT2D eigenvalue weighted by Crippen LogP contribution is 2.17. The SMILES string of the molecule is COc1cccc(CNC(=O)Nc2ccc(CCc3nc4ccccc4n3C)cc2)c1. The van der Waals surface area contributed by atoms with Crippen molar-refractivity contribution in [3.05, 3.63) is 89.7 Å². The van der Waals surface area contributed by atoms with E-state index in [1.54, 1.807) is 7.11 Å². The standard InChI is InChI=1S/C25H26N4O2/c1-29-23-9-4-3-8-22(23)28-24(29)15-12-18-10-13-20(14-11-18)27-25(30)26-17-19-6-5-7-21(16-19)31-2/h3-11,13-14,16H,12,15,17H2,1-2H3,(H2,26,27,30). The zero-order valence-electron chi connectivity index (χ0n) is 17.8. The number of anilines is 1. The number of nitrogens with one attached hydrogen (secondary N) is 2. The summed E-state index contributed by atoms with van der Waals surface area (Å²) in [6.45, 7) is 0.430. The van der Waals surface area contributed by atoms with Crippen LogP contribution in [0.4, 0.5) is 10.5 Å². The van der Waals surface area contributed by atoms with Crippen molar-refractivity contribution in [2.24, 2.45) is 7.05 Å². The maximum atomic E-state index is 12.2. The van der Waals surface area contributed by atoms with Gasteiger partial charge in [0.15, 0.2) is 0 Å². The summed E-state index contributed by atoms with van der Waals surface area (Å²) < 4.78 is 7.36. The Morgan fingerprint density at radius 1 is 0.968 bits per heavy atom. The molecule has 0 fully saturated rings. The maximum absolute atomic E-state index is 12.2. The van der Waals surface area contributed by atoms with Crippen molar-refractivity contribution in [2.45, 2.75) is 19.4 Å². The second-order valence-electron chi connectivity index (χ2n) is 7.43. The number of fused-ring (bicyclic) bond motifs is 1. The lowest BCUT2D eigenvalue weighted by Gasteiger charge is -2.09. The van der Waals surface area contributed by atoms with Gasteiger partial charge < -0.3 is 19.9 Å². The van der Waals surface area contributed by atoms with Gasteiger partial charge in [-0.2, -0.15) is 0 Å². The third-order valence-electron chi connectivity index (χ3n) is 5.32. The van der Waals surface area contributed by atoms with E-state index in [0.29, 0.717) is 6.54 Å². The first-order chi connectivity index (χ1) is 15.1. The molecule has 158 valence electrons. The highest BCUT2D eigenvalue weighted by atomic mass is 16.5. The van der Waals surface area contributed by atoms with Crippen LogP contribution in [0, 0.1) is 0 Å². The molecule has 0 aliphatic carbocycles. The second kappa shape index (κ2) is 9.34. The number of benzene rings is 3. The Morgan fingerprint density at radius 2 is 1.77 bits per heavy atom. The molecule has 31 heavy (non-hydrogen) atoms. The van der Waals surface area contributed by atoms with Gasteiger partial charge in [0.2, 0.25) is 0 Å². The molecule has 0 saturated heterocycles. The fourth-order valence-corrected chi connectivity index (χ4v) is 3.57. The van der Waals surface area contributed by atoms with Crippen molar-refractivity contribution in [3.63, 3.8) is 0 Å². The number of rotatable bonds is 7. The number of urea groups is 1. The predicted octanol–water partition coefficient (Wildman–Crippen LogP) is 4.69. The molecular formula is C25H26N4O2. The fourth-order valence-electron chi connectivity index (χ4n) is 3.57. The quantitative estimate of drug-likeness (QED) is 0.461. The number of amides is 2. The van der Waals surface area contributed by atoms with E-state index in [4.69, 9.17) is 9.72 Å². The summed E-state index contributed by atoms with van der Waals surface area (Å²) in [5, 5.41) is 5.73. The largest absolute Gasteiger partial charge is 0.497 e. The van der Waals surface area contributed by atoms with Crippen LogP contribution in [0.15, 0.2) is 72.8 Å². The van der Waals surface area contributed by atoms with Gasteiger partial charge in [-0.25, -0.2) is 9.78 Å². The smallest absolute Gasteiger partial charge is 0.319 e. The molecule has 0 saturated carbocycles. The van der Waals surface area contributed by atoms with Gasteiger partial charge in [-0.3, -0.25) is 0 Å². The van der Waals surface area contributed by atoms with Gasteiger partial charge in [-0.05, 0) is 53.9 Å². The van der Waals surface area contributed by atoms with E-state index in [1.807, 2.05) is 66.7 Å². The van der Waals surface area contributed by atoms with Crippen LogP contribution in [-0.2, 0) is 26.4 Å². The minimum absolute atomic E-state index is 0.240. The molecule has 0 aliphatic rings. The fraction of sp³-hybridized carbons (Fsp3) is 0.200. The second-order valence-corrected chi connectivity index (χ2v) is 7.43. The van der Waals surface area contributed by atoms with Crippen LogP contribution in [0.3, 0.4) is 0 Å². The van der Waals surface area contributed by atoms with E-state index in [1.165, 1.54) is 5.56 Å². The number of carbonyl (C=O) groups excluding carboxylic acids is 1. The number of hydrogen-bond acceptors (Lipinski definition) is 3. The van der Waals surface area contributed by atoms with E-state index >= 15 is 0 Å². The predicted molar refractivity (Wildman–Crippen MR) is 123 cm³/mol. The summed E-state index contributed by atoms with van der Waals surface area (Å²) in [5.41, 5.74) is 5.12. The zero-order chi connectivity index (χ0) is 21.6. The average Bonchev–Trinajstić information content (AvgIpc) is 3.13. The van der Waals surface area contributed by atoms with Crippen LogP contribution in [0.2, 0.25) is 0 Å². The topological polar surface area (TPSA) is 68.2 Å². The Kier molecular flexibility index (Phi) is 6.17. The molecular weight excluding hydrogens is 388 g/mol. The number of imidazole rings is 1. The third kappa shape index (κ3) is 5.04. The first-order valence-electron chi connectivity index (χ1n) is 10.3. The number of methoxy groups -OCH3 is 1. The highest BCUT2D eigenvalue weighted by Gasteiger charge is 2.08. The van der Waals surface area contributed by atoms with E-state index in [2.05, 4.69) is 28.3 Å². The van der Waals surface area contributed by atoms with E-state index in [-0.39, 0.29) is 6.03 Å². The summed E-state index contributed by atoms with van der Waals surface area (Å²) in [7, 11) is 3.68. The molecule has 0 spiro atoms. The van der Waals surface area contributed by atoms with E-state index in [9.17, 15) is 4.79 Å². The molecule has 0 radical (unpaired) electrons. The minimum Gasteiger partial charge on any atom is -0.497 e. The van der Waals surface area contributed by atoms with Crippen molar-refractivity contribution < 1.29 is 9.53 Å². The number of hydrogen-bond donors (Lipinski definition) is 2. The molecule has 4 rings (SSSR count). The van der Waals surface area contributed by atoms with Crippen LogP contribution < -0.4 is 15.4 Å². The first-order valence-corrected chi connectivity index (χ1v) is 10.3. The molecule has 1 aromatic heterocycles. The Balaban J connectivity index is 1.29. The van der Waals surface area contributed by atoms with Gasteiger partial charge in [-0.15, -0.1) is 0 Å². The summed E-state index contributed by atoms with van der Waals surface area (Å²) >= 11 is 0. The Labute approximate surface area is 181 Å². The number of aromatic nitrogens is 2. The summed E-state index contributed by atoms with van der Waals surface area (Å²) in [4.78, 5) is 16.9. The molecule has 2 N–H and O–H groups in total. The molecule has 0 atom stereocenters. The summed E-state index contributed by atoms with van der Waals surface area (Å²) in [6.07, 6.45) is 1.75. The van der Waals surface area contributed by atoms with Crippen LogP contribution in [-0.4, -0.2) is 22.7 Å². The first kappa shape index (κ1) is 20.5. The lowest BCUT2D eigenvalue weighted by molar-refractivity contribution is 0.251. The van der Waals surface area contributed by atoms with Gasteiger partial charge in [0, 0.05) is 25.7 Å². The molecule has 3 aromatic carbocycles. The van der Waals surface area contributed by atoms with Crippen molar-refractivity contribution in [3.8, 4) is 5.75 Å². The Morgan fingerprint density at radius 3 is 2.55 bits per heavy atom. The Hall–Kier alpha value is -3.80. The number of para-hydroxylation sites is 2. The number of carbonyl (C=O) groups is 1. The summed E-state index contributed by atoms with van der Waals surface area (Å²) in [5.74, 6) is 1.84. The number of aryl methyl sites for hydroxylation is 3. The van der Waals surface area contributed by atoms with Gasteiger partial charge in [0.05, 0.1) is 18.1 Å². The van der Waals surface area contributed by atoms with Crippen LogP contribution in [0.5, 0.6) is 5.75 Å². The van der Waals surface area contributed by atoms with Crippen molar-refractivity contribution in [2.75, 3.05) is 12.4 Å². The molecule has 0 bridgehead atoms. The maximum Gasteiger partial charge on any atom is 0.319 e. The molecule has 4 aromatic rings. The number of nitrogens with zero attached hydrogens (tertiary/aromatic N) is 2. The lowest BCUT2D eigenvalue weighted by atomic mass is 10.1. The third-order valence-corrected chi connectivity index (χ3v) is 5.32. The van der Waals surface area contributed by atoms with Crippen molar-refractivity contribution in [1.82, 2.24) is 14.9 Å². The van der Waals surface area contributed by atoms with Gasteiger partial charge in [0.25, 0.3) is 0 Å². The number of ether oxygens (including phenoxy) is 1. The van der Waals surface area contributed by atoms with Crippen molar-refractivity contribution in [1.29, 1.82) is 0 Å². The molecule has 1 heterocycles. The average molecular weight is 415 g/mol. The zero-order valence-corrected chi connectivity index (χ0v) is 17.8. The highest BCUT2D eigenvalue weighted by molar-refractivity contribution is 5.89. The molecule has 6 nitrogen and oxygen atoms in total. The van der Waals surface area contributed by atoms with E-state index < -0.39 is 0 Å². The van der Waals surface area contributed by atoms with Gasteiger partial charge >= 0.3 is 6.03 Å². The van der Waals surface area contributed by atoms with Crippen LogP contribution in [0.1, 0.15) is 17.0 Å². The van der Waals surface area contributed by atoms with E-state index in [0.717, 1.165) is 46.7 Å². The van der Waals surface area contributed by atoms with Crippen LogP contribution >= 0.6 is 0 Å². The van der Waals surface area contributed by atoms with Gasteiger partial charge in [-0.1, -0.05) is 36.4 Å². The summed E-state index contributed by atoms with van der Waals surface area (Å²) in [6, 6.07) is 23.5. The van der Waals surface area contributed by atoms with Gasteiger partial charge in [0.1, 0.15) is 11.6 Å². The molecule has 2 amide bonds. The monoisotopic (exact) mass is 414 g/mol.